The molecule has 1 N–H and O–H groups in total. The lowest BCUT2D eigenvalue weighted by atomic mass is 10.1. The Morgan fingerprint density at radius 1 is 0.941 bits per heavy atom. The Balaban J connectivity index is 0.00000324. The molecule has 1 aromatic heterocycles. The predicted octanol–water partition coefficient (Wildman–Crippen LogP) is 4.26. The lowest BCUT2D eigenvalue weighted by molar-refractivity contribution is 0.252. The minimum absolute atomic E-state index is 0. The van der Waals surface area contributed by atoms with Crippen molar-refractivity contribution in [3.8, 4) is 5.75 Å². The van der Waals surface area contributed by atoms with Crippen LogP contribution in [0.15, 0.2) is 59.4 Å². The summed E-state index contributed by atoms with van der Waals surface area (Å²) in [4.78, 5) is 17.0. The van der Waals surface area contributed by atoms with Crippen molar-refractivity contribution in [2.24, 2.45) is 0 Å². The van der Waals surface area contributed by atoms with Crippen LogP contribution in [0.3, 0.4) is 0 Å². The van der Waals surface area contributed by atoms with Gasteiger partial charge in [0, 0.05) is 43.3 Å². The third-order valence-electron chi connectivity index (χ3n) is 6.08. The number of halogens is 2. The van der Waals surface area contributed by atoms with Gasteiger partial charge in [0.1, 0.15) is 18.2 Å². The smallest absolute Gasteiger partial charge is 0.343 e. The highest BCUT2D eigenvalue weighted by molar-refractivity contribution is 6.30. The van der Waals surface area contributed by atoms with E-state index >= 15 is 0 Å². The largest absolute Gasteiger partial charge is 0.492 e. The minimum Gasteiger partial charge on any atom is -0.492 e. The average molecular weight is 506 g/mol. The number of H-pyrrole nitrogens is 1. The Morgan fingerprint density at radius 2 is 1.74 bits per heavy atom. The van der Waals surface area contributed by atoms with Crippen LogP contribution in [-0.2, 0) is 13.0 Å². The van der Waals surface area contributed by atoms with Gasteiger partial charge in [0.15, 0.2) is 0 Å². The summed E-state index contributed by atoms with van der Waals surface area (Å²) in [5.41, 5.74) is 1.04. The van der Waals surface area contributed by atoms with Crippen molar-refractivity contribution in [2.45, 2.75) is 32.2 Å². The zero-order chi connectivity index (χ0) is 22.9. The molecule has 184 valence electrons. The van der Waals surface area contributed by atoms with Crippen molar-refractivity contribution in [3.05, 3.63) is 75.9 Å². The molecule has 34 heavy (non-hydrogen) atoms. The summed E-state index contributed by atoms with van der Waals surface area (Å²) in [7, 11) is 0. The molecule has 2 heterocycles. The fourth-order valence-corrected chi connectivity index (χ4v) is 4.43. The SMILES string of the molecule is Cl.O=c1[nH]nc(CCCCCN2CCN(c3cccc(Cl)c3)CC2)n1CCOc1ccccc1. The third kappa shape index (κ3) is 7.52. The van der Waals surface area contributed by atoms with Gasteiger partial charge in [0.05, 0.1) is 6.54 Å². The monoisotopic (exact) mass is 505 g/mol. The van der Waals surface area contributed by atoms with Crippen LogP contribution in [-0.4, -0.2) is 59.0 Å². The van der Waals surface area contributed by atoms with E-state index in [2.05, 4.69) is 26.1 Å². The van der Waals surface area contributed by atoms with Gasteiger partial charge in [0.25, 0.3) is 0 Å². The molecule has 9 heteroatoms. The maximum atomic E-state index is 12.1. The first-order chi connectivity index (χ1) is 16.2. The molecule has 0 aliphatic carbocycles. The van der Waals surface area contributed by atoms with E-state index in [4.69, 9.17) is 16.3 Å². The molecular formula is C25H33Cl2N5O2. The quantitative estimate of drug-likeness (QED) is 0.394. The number of benzene rings is 2. The van der Waals surface area contributed by atoms with Gasteiger partial charge >= 0.3 is 5.69 Å². The van der Waals surface area contributed by atoms with E-state index in [0.29, 0.717) is 13.2 Å². The van der Waals surface area contributed by atoms with E-state index in [1.54, 1.807) is 4.57 Å². The zero-order valence-corrected chi connectivity index (χ0v) is 20.9. The van der Waals surface area contributed by atoms with Crippen LogP contribution in [0.5, 0.6) is 5.75 Å². The number of anilines is 1. The number of unbranched alkanes of at least 4 members (excludes halogenated alkanes) is 2. The molecule has 0 spiro atoms. The van der Waals surface area contributed by atoms with Gasteiger partial charge in [-0.2, -0.15) is 5.10 Å². The van der Waals surface area contributed by atoms with E-state index in [0.717, 1.165) is 75.0 Å². The second-order valence-corrected chi connectivity index (χ2v) is 8.81. The number of aryl methyl sites for hydroxylation is 1. The first-order valence-corrected chi connectivity index (χ1v) is 12.1. The molecule has 0 saturated carbocycles. The van der Waals surface area contributed by atoms with Crippen LogP contribution in [0, 0.1) is 0 Å². The third-order valence-corrected chi connectivity index (χ3v) is 6.32. The number of ether oxygens (including phenoxy) is 1. The summed E-state index contributed by atoms with van der Waals surface area (Å²) in [6, 6.07) is 17.7. The first kappa shape index (κ1) is 26.1. The van der Waals surface area contributed by atoms with Crippen LogP contribution < -0.4 is 15.3 Å². The van der Waals surface area contributed by atoms with E-state index in [9.17, 15) is 4.79 Å². The second-order valence-electron chi connectivity index (χ2n) is 8.38. The number of para-hydroxylation sites is 1. The van der Waals surface area contributed by atoms with Crippen molar-refractivity contribution in [1.82, 2.24) is 19.7 Å². The van der Waals surface area contributed by atoms with Crippen LogP contribution in [0.1, 0.15) is 25.1 Å². The number of piperazine rings is 1. The predicted molar refractivity (Wildman–Crippen MR) is 140 cm³/mol. The molecule has 0 unspecified atom stereocenters. The van der Waals surface area contributed by atoms with Crippen LogP contribution in [0.2, 0.25) is 5.02 Å². The highest BCUT2D eigenvalue weighted by Crippen LogP contribution is 2.21. The van der Waals surface area contributed by atoms with Gasteiger partial charge in [-0.05, 0) is 49.7 Å². The molecule has 1 fully saturated rings. The number of hydrogen-bond acceptors (Lipinski definition) is 5. The number of hydrogen-bond donors (Lipinski definition) is 1. The molecule has 0 bridgehead atoms. The summed E-state index contributed by atoms with van der Waals surface area (Å²) >= 11 is 6.13. The van der Waals surface area contributed by atoms with Crippen molar-refractivity contribution in [1.29, 1.82) is 0 Å². The molecule has 1 aliphatic heterocycles. The van der Waals surface area contributed by atoms with Gasteiger partial charge in [-0.25, -0.2) is 9.89 Å². The molecule has 4 rings (SSSR count). The van der Waals surface area contributed by atoms with Crippen molar-refractivity contribution >= 4 is 29.7 Å². The van der Waals surface area contributed by atoms with Crippen molar-refractivity contribution in [3.63, 3.8) is 0 Å². The number of rotatable bonds is 11. The van der Waals surface area contributed by atoms with Crippen molar-refractivity contribution in [2.75, 3.05) is 44.2 Å². The molecular weight excluding hydrogens is 473 g/mol. The lowest BCUT2D eigenvalue weighted by Gasteiger charge is -2.36. The van der Waals surface area contributed by atoms with Crippen molar-refractivity contribution < 1.29 is 4.74 Å². The fourth-order valence-electron chi connectivity index (χ4n) is 4.24. The number of nitrogens with zero attached hydrogens (tertiary/aromatic N) is 4. The molecule has 0 radical (unpaired) electrons. The molecule has 1 aliphatic rings. The summed E-state index contributed by atoms with van der Waals surface area (Å²) in [5.74, 6) is 1.62. The first-order valence-electron chi connectivity index (χ1n) is 11.7. The number of nitrogens with one attached hydrogen (secondary N) is 1. The zero-order valence-electron chi connectivity index (χ0n) is 19.4. The van der Waals surface area contributed by atoms with Gasteiger partial charge in [0.2, 0.25) is 0 Å². The summed E-state index contributed by atoms with van der Waals surface area (Å²) in [6.45, 7) is 6.27. The van der Waals surface area contributed by atoms with Gasteiger partial charge in [-0.3, -0.25) is 9.47 Å². The maximum Gasteiger partial charge on any atom is 0.343 e. The van der Waals surface area contributed by atoms with Crippen LogP contribution >= 0.6 is 24.0 Å². The van der Waals surface area contributed by atoms with Gasteiger partial charge in [-0.1, -0.05) is 42.3 Å². The molecule has 1 saturated heterocycles. The van der Waals surface area contributed by atoms with E-state index < -0.39 is 0 Å². The van der Waals surface area contributed by atoms with E-state index in [1.165, 1.54) is 5.69 Å². The Labute approximate surface area is 212 Å². The highest BCUT2D eigenvalue weighted by atomic mass is 35.5. The van der Waals surface area contributed by atoms with Gasteiger partial charge < -0.3 is 9.64 Å². The fraction of sp³-hybridized carbons (Fsp3) is 0.440. The molecule has 0 amide bonds. The van der Waals surface area contributed by atoms with Crippen LogP contribution in [0.25, 0.3) is 0 Å². The topological polar surface area (TPSA) is 66.4 Å². The Bertz CT molecular complexity index is 1050. The normalized spacial score (nSPS) is 14.1. The Morgan fingerprint density at radius 3 is 2.50 bits per heavy atom. The highest BCUT2D eigenvalue weighted by Gasteiger charge is 2.17. The lowest BCUT2D eigenvalue weighted by Crippen LogP contribution is -2.46. The molecule has 3 aromatic rings. The van der Waals surface area contributed by atoms with E-state index in [1.807, 2.05) is 48.5 Å². The maximum absolute atomic E-state index is 12.1. The van der Waals surface area contributed by atoms with E-state index in [-0.39, 0.29) is 18.1 Å². The standard InChI is InChI=1S/C25H32ClN5O2.ClH/c26-21-8-7-9-22(20-21)30-16-14-29(15-17-30)13-6-2-5-12-24-27-28-25(32)31(24)18-19-33-23-10-3-1-4-11-23;/h1,3-4,7-11,20H,2,5-6,12-19H2,(H,28,32);1H. The van der Waals surface area contributed by atoms with Gasteiger partial charge in [-0.15, -0.1) is 12.4 Å². The average Bonchev–Trinajstić information content (AvgIpc) is 3.19. The molecule has 7 nitrogen and oxygen atoms in total. The Hall–Kier alpha value is -2.48. The number of aromatic amines is 1. The van der Waals surface area contributed by atoms with Crippen LogP contribution in [0.4, 0.5) is 5.69 Å². The summed E-state index contributed by atoms with van der Waals surface area (Å²) < 4.78 is 7.42. The minimum atomic E-state index is -0.167. The number of aromatic nitrogens is 3. The molecule has 2 aromatic carbocycles. The molecule has 0 atom stereocenters. The summed E-state index contributed by atoms with van der Waals surface area (Å²) in [6.07, 6.45) is 4.10. The summed E-state index contributed by atoms with van der Waals surface area (Å²) in [5, 5.41) is 7.59. The Kier molecular flexibility index (Phi) is 10.3. The second kappa shape index (κ2) is 13.4.